The number of amides is 6. The minimum absolute atomic E-state index is 0.0980. The zero-order chi connectivity index (χ0) is 43.3. The monoisotopic (exact) mass is 826 g/mol. The first-order valence-electron chi connectivity index (χ1n) is 20.7. The second kappa shape index (κ2) is 24.6. The van der Waals surface area contributed by atoms with Crippen LogP contribution in [0.25, 0.3) is 11.1 Å². The van der Waals surface area contributed by atoms with E-state index >= 15 is 0 Å². The third kappa shape index (κ3) is 15.5. The molecule has 1 fully saturated rings. The molecule has 0 radical (unpaired) electrons. The number of hydrogen-bond donors (Lipinski definition) is 6. The fourth-order valence-corrected chi connectivity index (χ4v) is 6.51. The van der Waals surface area contributed by atoms with E-state index in [9.17, 15) is 33.6 Å². The molecule has 322 valence electrons. The summed E-state index contributed by atoms with van der Waals surface area (Å²) in [5.41, 5.74) is 4.34. The van der Waals surface area contributed by atoms with Gasteiger partial charge in [-0.25, -0.2) is 9.59 Å². The molecule has 15 heteroatoms. The fourth-order valence-electron chi connectivity index (χ4n) is 6.51. The van der Waals surface area contributed by atoms with Crippen molar-refractivity contribution in [2.24, 2.45) is 0 Å². The van der Waals surface area contributed by atoms with Crippen LogP contribution in [0.2, 0.25) is 0 Å². The highest BCUT2D eigenvalue weighted by Gasteiger charge is 2.31. The number of hydrogen-bond acceptors (Lipinski definition) is 9. The molecule has 1 aliphatic rings. The van der Waals surface area contributed by atoms with Crippen LogP contribution in [0.15, 0.2) is 78.9 Å². The lowest BCUT2D eigenvalue weighted by Gasteiger charge is -2.25. The van der Waals surface area contributed by atoms with E-state index in [-0.39, 0.29) is 51.3 Å². The quantitative estimate of drug-likeness (QED) is 0.0901. The van der Waals surface area contributed by atoms with Gasteiger partial charge in [0.05, 0.1) is 7.11 Å². The van der Waals surface area contributed by atoms with Crippen LogP contribution in [0, 0.1) is 0 Å². The number of unbranched alkanes of at least 4 members (excludes halogenated alkanes) is 2. The first-order valence-corrected chi connectivity index (χ1v) is 20.7. The number of rotatable bonds is 16. The van der Waals surface area contributed by atoms with Crippen LogP contribution in [0.3, 0.4) is 0 Å². The topological polar surface area (TPSA) is 210 Å². The maximum atomic E-state index is 14.0. The number of carbonyl (C=O) groups excluding carboxylic acids is 7. The molecule has 1 saturated heterocycles. The van der Waals surface area contributed by atoms with Crippen molar-refractivity contribution >= 4 is 41.6 Å². The van der Waals surface area contributed by atoms with Gasteiger partial charge in [-0.05, 0) is 92.7 Å². The first kappa shape index (κ1) is 46.4. The number of benzene rings is 3. The van der Waals surface area contributed by atoms with Gasteiger partial charge in [-0.1, -0.05) is 80.1 Å². The van der Waals surface area contributed by atoms with Crippen LogP contribution in [0.1, 0.15) is 93.1 Å². The van der Waals surface area contributed by atoms with Gasteiger partial charge in [0.2, 0.25) is 23.6 Å². The molecule has 0 aliphatic carbocycles. The van der Waals surface area contributed by atoms with Crippen molar-refractivity contribution in [1.29, 1.82) is 0 Å². The van der Waals surface area contributed by atoms with E-state index in [1.807, 2.05) is 42.5 Å². The predicted octanol–water partition coefficient (Wildman–Crippen LogP) is 4.23. The Morgan fingerprint density at radius 1 is 0.817 bits per heavy atom. The van der Waals surface area contributed by atoms with Gasteiger partial charge in [-0.2, -0.15) is 0 Å². The standard InChI is InChI=1S/C45H58N6O9/c1-4-5-12-31-17-19-33(20-18-31)34-21-23-35(24-22-34)41(54)49-36(15-9-10-27-47-45(58)60-29-32-13-7-6-8-14-32)43(56)50-37-25-26-39(52)46-28-11-16-38(44(57)59-3)51-40(53)30(2)48-42(37)55/h6-8,13-14,17-24,30,36-38H,4-5,9-12,15-16,25-29H2,1-3H3,(H,46,52)(H,47,58)(H,48,55)(H,49,54)(H,50,56)(H,51,53)/t30-,36-,37-,38-/m0/s1. The van der Waals surface area contributed by atoms with Gasteiger partial charge < -0.3 is 41.4 Å². The fraction of sp³-hybridized carbons (Fsp3) is 0.444. The highest BCUT2D eigenvalue weighted by molar-refractivity contribution is 5.99. The van der Waals surface area contributed by atoms with Crippen molar-refractivity contribution < 1.29 is 43.0 Å². The number of alkyl carbamates (subject to hydrolysis) is 1. The Morgan fingerprint density at radius 3 is 2.20 bits per heavy atom. The van der Waals surface area contributed by atoms with Crippen molar-refractivity contribution in [3.8, 4) is 11.1 Å². The molecular weight excluding hydrogens is 769 g/mol. The van der Waals surface area contributed by atoms with E-state index in [1.54, 1.807) is 12.1 Å². The van der Waals surface area contributed by atoms with Gasteiger partial charge >= 0.3 is 12.1 Å². The van der Waals surface area contributed by atoms with Crippen molar-refractivity contribution in [2.45, 2.75) is 109 Å². The lowest BCUT2D eigenvalue weighted by Crippen LogP contribution is -2.57. The molecule has 6 N–H and O–H groups in total. The minimum atomic E-state index is -1.26. The SMILES string of the molecule is CCCCc1ccc(-c2ccc(C(=O)N[C@@H](CCCCNC(=O)OCc3ccccc3)C(=O)N[C@H]3CCC(=O)NCCC[C@@H](C(=O)OC)NC(=O)[C@H](C)NC3=O)cc2)cc1. The van der Waals surface area contributed by atoms with E-state index in [0.29, 0.717) is 24.8 Å². The average Bonchev–Trinajstić information content (AvgIpc) is 3.26. The van der Waals surface area contributed by atoms with E-state index < -0.39 is 59.9 Å². The summed E-state index contributed by atoms with van der Waals surface area (Å²) in [4.78, 5) is 91.5. The summed E-state index contributed by atoms with van der Waals surface area (Å²) in [7, 11) is 1.20. The predicted molar refractivity (Wildman–Crippen MR) is 225 cm³/mol. The Kier molecular flexibility index (Phi) is 19.1. The average molecular weight is 827 g/mol. The van der Waals surface area contributed by atoms with Crippen molar-refractivity contribution in [3.63, 3.8) is 0 Å². The number of aryl methyl sites for hydroxylation is 1. The van der Waals surface area contributed by atoms with Crippen LogP contribution >= 0.6 is 0 Å². The number of methoxy groups -OCH3 is 1. The molecule has 0 saturated carbocycles. The summed E-state index contributed by atoms with van der Waals surface area (Å²) >= 11 is 0. The normalized spacial score (nSPS) is 18.0. The van der Waals surface area contributed by atoms with E-state index in [0.717, 1.165) is 36.0 Å². The van der Waals surface area contributed by atoms with Crippen LogP contribution in [0.5, 0.6) is 0 Å². The van der Waals surface area contributed by atoms with E-state index in [2.05, 4.69) is 63.1 Å². The number of nitrogens with one attached hydrogen (secondary N) is 6. The van der Waals surface area contributed by atoms with Crippen molar-refractivity contribution in [3.05, 3.63) is 95.6 Å². The van der Waals surface area contributed by atoms with Crippen LogP contribution in [-0.2, 0) is 46.5 Å². The Labute approximate surface area is 351 Å². The maximum Gasteiger partial charge on any atom is 0.407 e. The molecule has 15 nitrogen and oxygen atoms in total. The zero-order valence-electron chi connectivity index (χ0n) is 34.7. The molecule has 4 atom stereocenters. The van der Waals surface area contributed by atoms with Gasteiger partial charge in [0.25, 0.3) is 5.91 Å². The molecular formula is C45H58N6O9. The van der Waals surface area contributed by atoms with Gasteiger partial charge in [-0.3, -0.25) is 24.0 Å². The summed E-state index contributed by atoms with van der Waals surface area (Å²) in [6.07, 6.45) is 3.97. The number of esters is 1. The zero-order valence-corrected chi connectivity index (χ0v) is 34.7. The summed E-state index contributed by atoms with van der Waals surface area (Å²) in [5, 5.41) is 16.1. The Bertz CT molecular complexity index is 1890. The third-order valence-corrected chi connectivity index (χ3v) is 10.1. The smallest absolute Gasteiger partial charge is 0.407 e. The minimum Gasteiger partial charge on any atom is -0.467 e. The lowest BCUT2D eigenvalue weighted by molar-refractivity contribution is -0.145. The Hall–Kier alpha value is -6.25. The molecule has 6 amide bonds. The third-order valence-electron chi connectivity index (χ3n) is 10.1. The highest BCUT2D eigenvalue weighted by atomic mass is 16.5. The van der Waals surface area contributed by atoms with E-state index in [1.165, 1.54) is 19.6 Å². The summed E-state index contributed by atoms with van der Waals surface area (Å²) in [6, 6.07) is 20.1. The molecule has 0 spiro atoms. The number of carbonyl (C=O) groups is 7. The summed E-state index contributed by atoms with van der Waals surface area (Å²) < 4.78 is 10.1. The van der Waals surface area contributed by atoms with Crippen molar-refractivity contribution in [1.82, 2.24) is 31.9 Å². The second-order valence-corrected chi connectivity index (χ2v) is 14.8. The van der Waals surface area contributed by atoms with Crippen LogP contribution in [0.4, 0.5) is 4.79 Å². The maximum absolute atomic E-state index is 14.0. The lowest BCUT2D eigenvalue weighted by atomic mass is 10.0. The summed E-state index contributed by atoms with van der Waals surface area (Å²) in [6.45, 7) is 4.16. The van der Waals surface area contributed by atoms with Gasteiger partial charge in [0.15, 0.2) is 0 Å². The largest absolute Gasteiger partial charge is 0.467 e. The molecule has 1 aliphatic heterocycles. The molecule has 0 bridgehead atoms. The second-order valence-electron chi connectivity index (χ2n) is 14.8. The van der Waals surface area contributed by atoms with Crippen LogP contribution < -0.4 is 31.9 Å². The molecule has 0 unspecified atom stereocenters. The Balaban J connectivity index is 1.45. The molecule has 60 heavy (non-hydrogen) atoms. The highest BCUT2D eigenvalue weighted by Crippen LogP contribution is 2.21. The molecule has 0 aromatic heterocycles. The molecule has 3 aromatic rings. The molecule has 4 rings (SSSR count). The summed E-state index contributed by atoms with van der Waals surface area (Å²) in [5.74, 6) is -3.60. The molecule has 1 heterocycles. The van der Waals surface area contributed by atoms with Crippen molar-refractivity contribution in [2.75, 3.05) is 20.2 Å². The first-order chi connectivity index (χ1) is 29.0. The molecule has 3 aromatic carbocycles. The van der Waals surface area contributed by atoms with Gasteiger partial charge in [0, 0.05) is 25.1 Å². The van der Waals surface area contributed by atoms with E-state index in [4.69, 9.17) is 9.47 Å². The van der Waals surface area contributed by atoms with Crippen LogP contribution in [-0.4, -0.2) is 86.0 Å². The van der Waals surface area contributed by atoms with Gasteiger partial charge in [0.1, 0.15) is 30.8 Å². The Morgan fingerprint density at radius 2 is 1.52 bits per heavy atom. The van der Waals surface area contributed by atoms with Gasteiger partial charge in [-0.15, -0.1) is 0 Å². The number of ether oxygens (including phenoxy) is 2.